The molecule has 0 spiro atoms. The Morgan fingerprint density at radius 3 is 2.44 bits per heavy atom. The topological polar surface area (TPSA) is 50.1 Å². The third-order valence-corrected chi connectivity index (χ3v) is 5.17. The number of nitrogens with zero attached hydrogens (tertiary/aromatic N) is 1. The Morgan fingerprint density at radius 2 is 1.74 bits per heavy atom. The molecule has 3 aromatic rings. The second-order valence-electron chi connectivity index (χ2n) is 5.83. The molecule has 3 rings (SSSR count). The van der Waals surface area contributed by atoms with Gasteiger partial charge in [-0.05, 0) is 59.7 Å². The fourth-order valence-electron chi connectivity index (χ4n) is 2.40. The number of nitriles is 1. The first kappa shape index (κ1) is 19.0. The average Bonchev–Trinajstić information content (AvgIpc) is 2.72. The molecule has 0 aliphatic rings. The van der Waals surface area contributed by atoms with E-state index in [-0.39, 0.29) is 12.6 Å². The fourth-order valence-corrected chi connectivity index (χ4v) is 3.38. The summed E-state index contributed by atoms with van der Waals surface area (Å²) in [5.74, 6) is 0.423. The lowest BCUT2D eigenvalue weighted by Gasteiger charge is -2.07. The zero-order valence-corrected chi connectivity index (χ0v) is 16.0. The van der Waals surface area contributed by atoms with Crippen LogP contribution in [-0.2, 0) is 17.1 Å². The van der Waals surface area contributed by atoms with Gasteiger partial charge in [0.15, 0.2) is 0 Å². The maximum atomic E-state index is 12.2. The Labute approximate surface area is 167 Å². The smallest absolute Gasteiger partial charge is 0.338 e. The molecule has 0 aliphatic heterocycles. The largest absolute Gasteiger partial charge is 0.457 e. The van der Waals surface area contributed by atoms with Crippen LogP contribution in [0.2, 0.25) is 5.02 Å². The number of carbonyl (C=O) groups is 1. The molecule has 3 nitrogen and oxygen atoms in total. The number of carbonyl (C=O) groups excluding carboxylic acids is 1. The van der Waals surface area contributed by atoms with Crippen LogP contribution in [0.1, 0.15) is 27.0 Å². The number of benzene rings is 3. The molecule has 0 saturated heterocycles. The lowest BCUT2D eigenvalue weighted by molar-refractivity contribution is 0.0472. The molecular weight excluding hydrogens is 378 g/mol. The van der Waals surface area contributed by atoms with E-state index in [9.17, 15) is 4.79 Å². The molecular formula is C22H16ClNO2S. The minimum atomic E-state index is -0.380. The number of rotatable bonds is 6. The van der Waals surface area contributed by atoms with Crippen LogP contribution in [0.3, 0.4) is 0 Å². The van der Waals surface area contributed by atoms with Gasteiger partial charge >= 0.3 is 5.97 Å². The van der Waals surface area contributed by atoms with Crippen molar-refractivity contribution in [1.29, 1.82) is 5.26 Å². The number of halogens is 1. The van der Waals surface area contributed by atoms with Crippen LogP contribution >= 0.6 is 23.4 Å². The molecule has 0 aliphatic carbocycles. The molecule has 0 atom stereocenters. The monoisotopic (exact) mass is 393 g/mol. The third kappa shape index (κ3) is 5.62. The molecule has 27 heavy (non-hydrogen) atoms. The van der Waals surface area contributed by atoms with Crippen molar-refractivity contribution in [3.8, 4) is 6.07 Å². The summed E-state index contributed by atoms with van der Waals surface area (Å²) in [4.78, 5) is 13.3. The summed E-state index contributed by atoms with van der Waals surface area (Å²) in [6, 6.07) is 24.2. The lowest BCUT2D eigenvalue weighted by Crippen LogP contribution is -2.05. The number of thioether (sulfide) groups is 1. The first-order chi connectivity index (χ1) is 13.1. The van der Waals surface area contributed by atoms with E-state index in [1.54, 1.807) is 42.1 Å². The van der Waals surface area contributed by atoms with Gasteiger partial charge < -0.3 is 4.74 Å². The van der Waals surface area contributed by atoms with Gasteiger partial charge in [-0.1, -0.05) is 35.9 Å². The normalized spacial score (nSPS) is 10.2. The van der Waals surface area contributed by atoms with Gasteiger partial charge in [0.2, 0.25) is 0 Å². The Kier molecular flexibility index (Phi) is 6.54. The zero-order chi connectivity index (χ0) is 19.1. The molecule has 0 aromatic heterocycles. The highest BCUT2D eigenvalue weighted by atomic mass is 35.5. The Hall–Kier alpha value is -2.74. The van der Waals surface area contributed by atoms with Gasteiger partial charge in [0.1, 0.15) is 6.61 Å². The second-order valence-corrected chi connectivity index (χ2v) is 7.31. The van der Waals surface area contributed by atoms with E-state index in [1.165, 1.54) is 0 Å². The average molecular weight is 394 g/mol. The van der Waals surface area contributed by atoms with Gasteiger partial charge in [-0.25, -0.2) is 4.79 Å². The molecule has 5 heteroatoms. The summed E-state index contributed by atoms with van der Waals surface area (Å²) in [5, 5.41) is 9.63. The maximum Gasteiger partial charge on any atom is 0.338 e. The molecule has 0 fully saturated rings. The van der Waals surface area contributed by atoms with Gasteiger partial charge in [0.05, 0.1) is 17.2 Å². The van der Waals surface area contributed by atoms with Crippen LogP contribution in [0.5, 0.6) is 0 Å². The van der Waals surface area contributed by atoms with Gasteiger partial charge in [0.25, 0.3) is 0 Å². The predicted molar refractivity (Wildman–Crippen MR) is 108 cm³/mol. The SMILES string of the molecule is N#Cc1cccc(COC(=O)c2ccc(CSc3ccc(Cl)cc3)cc2)c1. The van der Waals surface area contributed by atoms with Crippen LogP contribution < -0.4 is 0 Å². The highest BCUT2D eigenvalue weighted by Crippen LogP contribution is 2.24. The van der Waals surface area contributed by atoms with E-state index in [0.29, 0.717) is 11.1 Å². The summed E-state index contributed by atoms with van der Waals surface area (Å²) in [6.45, 7) is 0.141. The van der Waals surface area contributed by atoms with Gasteiger partial charge in [-0.2, -0.15) is 5.26 Å². The molecule has 0 amide bonds. The van der Waals surface area contributed by atoms with Crippen LogP contribution in [-0.4, -0.2) is 5.97 Å². The third-order valence-electron chi connectivity index (χ3n) is 3.83. The van der Waals surface area contributed by atoms with Crippen molar-refractivity contribution >= 4 is 29.3 Å². The molecule has 3 aromatic carbocycles. The first-order valence-corrected chi connectivity index (χ1v) is 9.64. The predicted octanol–water partition coefficient (Wildman–Crippen LogP) is 5.86. The quantitative estimate of drug-likeness (QED) is 0.388. The van der Waals surface area contributed by atoms with Crippen LogP contribution in [0.15, 0.2) is 77.7 Å². The summed E-state index contributed by atoms with van der Waals surface area (Å²) in [5.41, 5.74) is 2.96. The van der Waals surface area contributed by atoms with Gasteiger partial charge in [-0.15, -0.1) is 11.8 Å². The van der Waals surface area contributed by atoms with Crippen molar-refractivity contribution in [3.05, 3.63) is 100 Å². The summed E-state index contributed by atoms with van der Waals surface area (Å²) < 4.78 is 5.33. The van der Waals surface area contributed by atoms with E-state index >= 15 is 0 Å². The van der Waals surface area contributed by atoms with E-state index in [1.807, 2.05) is 42.5 Å². The van der Waals surface area contributed by atoms with Crippen molar-refractivity contribution in [2.24, 2.45) is 0 Å². The van der Waals surface area contributed by atoms with Crippen molar-refractivity contribution in [3.63, 3.8) is 0 Å². The van der Waals surface area contributed by atoms with Gasteiger partial charge in [0, 0.05) is 15.7 Å². The molecule has 134 valence electrons. The van der Waals surface area contributed by atoms with E-state index in [4.69, 9.17) is 21.6 Å². The molecule has 0 saturated carbocycles. The summed E-state index contributed by atoms with van der Waals surface area (Å²) >= 11 is 7.59. The molecule has 0 bridgehead atoms. The standard InChI is InChI=1S/C22H16ClNO2S/c23-20-8-10-21(11-9-20)27-15-16-4-6-19(7-5-16)22(25)26-14-18-3-1-2-17(12-18)13-24/h1-12H,14-15H2. The Morgan fingerprint density at radius 1 is 1.00 bits per heavy atom. The van der Waals surface area contributed by atoms with Crippen molar-refractivity contribution in [2.75, 3.05) is 0 Å². The summed E-state index contributed by atoms with van der Waals surface area (Å²) in [6.07, 6.45) is 0. The highest BCUT2D eigenvalue weighted by Gasteiger charge is 2.08. The fraction of sp³-hybridized carbons (Fsp3) is 0.0909. The van der Waals surface area contributed by atoms with Crippen LogP contribution in [0.4, 0.5) is 0 Å². The minimum Gasteiger partial charge on any atom is -0.457 e. The molecule has 0 unspecified atom stereocenters. The van der Waals surface area contributed by atoms with E-state index < -0.39 is 0 Å². The zero-order valence-electron chi connectivity index (χ0n) is 14.4. The number of ether oxygens (including phenoxy) is 1. The lowest BCUT2D eigenvalue weighted by atomic mass is 10.1. The van der Waals surface area contributed by atoms with Gasteiger partial charge in [-0.3, -0.25) is 0 Å². The van der Waals surface area contributed by atoms with Crippen molar-refractivity contribution in [1.82, 2.24) is 0 Å². The highest BCUT2D eigenvalue weighted by molar-refractivity contribution is 7.98. The second kappa shape index (κ2) is 9.27. The number of hydrogen-bond donors (Lipinski definition) is 0. The number of hydrogen-bond acceptors (Lipinski definition) is 4. The van der Waals surface area contributed by atoms with Crippen LogP contribution in [0, 0.1) is 11.3 Å². The van der Waals surface area contributed by atoms with Crippen LogP contribution in [0.25, 0.3) is 0 Å². The molecule has 0 radical (unpaired) electrons. The first-order valence-electron chi connectivity index (χ1n) is 8.27. The molecule has 0 N–H and O–H groups in total. The number of esters is 1. The summed E-state index contributed by atoms with van der Waals surface area (Å²) in [7, 11) is 0. The van der Waals surface area contributed by atoms with Crippen molar-refractivity contribution < 1.29 is 9.53 Å². The molecule has 0 heterocycles. The maximum absolute atomic E-state index is 12.2. The van der Waals surface area contributed by atoms with E-state index in [2.05, 4.69) is 6.07 Å². The van der Waals surface area contributed by atoms with Crippen molar-refractivity contribution in [2.45, 2.75) is 17.3 Å². The Balaban J connectivity index is 1.53. The minimum absolute atomic E-state index is 0.141. The van der Waals surface area contributed by atoms with E-state index in [0.717, 1.165) is 26.8 Å². The Bertz CT molecular complexity index is 963.